The van der Waals surface area contributed by atoms with Gasteiger partial charge in [0.1, 0.15) is 0 Å². The molecule has 2 atom stereocenters. The van der Waals surface area contributed by atoms with Crippen molar-refractivity contribution in [3.63, 3.8) is 0 Å². The number of aliphatic hydroxyl groups is 1. The second-order valence-electron chi connectivity index (χ2n) is 4.41. The van der Waals surface area contributed by atoms with Crippen molar-refractivity contribution in [2.75, 3.05) is 0 Å². The van der Waals surface area contributed by atoms with Crippen molar-refractivity contribution in [1.82, 2.24) is 4.98 Å². The molecule has 0 spiro atoms. The van der Waals surface area contributed by atoms with E-state index in [1.807, 2.05) is 25.3 Å². The normalized spacial score (nSPS) is 32.1. The molecule has 1 heterocycles. The smallest absolute Gasteiger partial charge is 0.0936 e. The maximum atomic E-state index is 10.5. The zero-order valence-corrected chi connectivity index (χ0v) is 8.83. The lowest BCUT2D eigenvalue weighted by Gasteiger charge is -2.27. The van der Waals surface area contributed by atoms with Crippen LogP contribution >= 0.6 is 0 Å². The zero-order chi connectivity index (χ0) is 10.2. The fraction of sp³-hybridized carbons (Fsp3) is 0.583. The molecule has 1 aromatic heterocycles. The molecule has 0 amide bonds. The average molecular weight is 191 g/mol. The van der Waals surface area contributed by atoms with Gasteiger partial charge in [0.05, 0.1) is 5.60 Å². The molecule has 0 saturated heterocycles. The Morgan fingerprint density at radius 1 is 1.50 bits per heavy atom. The van der Waals surface area contributed by atoms with Crippen LogP contribution in [0.4, 0.5) is 0 Å². The summed E-state index contributed by atoms with van der Waals surface area (Å²) in [4.78, 5) is 4.24. The highest BCUT2D eigenvalue weighted by Gasteiger charge is 2.39. The molecule has 1 N–H and O–H groups in total. The molecule has 1 aliphatic carbocycles. The van der Waals surface area contributed by atoms with Gasteiger partial charge in [0, 0.05) is 17.5 Å². The summed E-state index contributed by atoms with van der Waals surface area (Å²) in [6.45, 7) is 4.08. The van der Waals surface area contributed by atoms with E-state index >= 15 is 0 Å². The minimum absolute atomic E-state index is 0.354. The first-order chi connectivity index (χ1) is 6.63. The van der Waals surface area contributed by atoms with Gasteiger partial charge in [0.15, 0.2) is 0 Å². The molecule has 0 bridgehead atoms. The summed E-state index contributed by atoms with van der Waals surface area (Å²) < 4.78 is 0. The molecule has 0 radical (unpaired) electrons. The third-order valence-corrected chi connectivity index (χ3v) is 3.42. The highest BCUT2D eigenvalue weighted by Crippen LogP contribution is 2.42. The molecular weight excluding hydrogens is 174 g/mol. The number of aromatic nitrogens is 1. The summed E-state index contributed by atoms with van der Waals surface area (Å²) in [6.07, 6.45) is 4.92. The Hall–Kier alpha value is -0.890. The predicted molar refractivity (Wildman–Crippen MR) is 55.9 cm³/mol. The lowest BCUT2D eigenvalue weighted by Crippen LogP contribution is -2.28. The Morgan fingerprint density at radius 2 is 2.29 bits per heavy atom. The largest absolute Gasteiger partial charge is 0.385 e. The summed E-state index contributed by atoms with van der Waals surface area (Å²) in [5, 5.41) is 10.5. The number of rotatable bonds is 1. The maximum absolute atomic E-state index is 10.5. The third kappa shape index (κ3) is 1.44. The average Bonchev–Trinajstić information content (AvgIpc) is 2.49. The van der Waals surface area contributed by atoms with E-state index < -0.39 is 5.60 Å². The van der Waals surface area contributed by atoms with Crippen LogP contribution in [-0.4, -0.2) is 10.1 Å². The number of nitrogens with zero attached hydrogens (tertiary/aromatic N) is 1. The first kappa shape index (κ1) is 9.66. The molecule has 0 aromatic carbocycles. The second kappa shape index (κ2) is 3.35. The van der Waals surface area contributed by atoms with Crippen LogP contribution < -0.4 is 0 Å². The minimum atomic E-state index is -0.624. The van der Waals surface area contributed by atoms with Crippen LogP contribution in [0.2, 0.25) is 0 Å². The van der Waals surface area contributed by atoms with Crippen LogP contribution in [0, 0.1) is 12.8 Å². The van der Waals surface area contributed by atoms with Crippen molar-refractivity contribution in [2.45, 2.75) is 38.7 Å². The quantitative estimate of drug-likeness (QED) is 0.739. The van der Waals surface area contributed by atoms with Gasteiger partial charge in [-0.05, 0) is 38.2 Å². The Balaban J connectivity index is 2.34. The summed E-state index contributed by atoms with van der Waals surface area (Å²) in [5.74, 6) is 0.354. The van der Waals surface area contributed by atoms with E-state index in [0.717, 1.165) is 30.5 Å². The summed E-state index contributed by atoms with van der Waals surface area (Å²) >= 11 is 0. The van der Waals surface area contributed by atoms with Gasteiger partial charge in [0.25, 0.3) is 0 Å². The van der Waals surface area contributed by atoms with Crippen LogP contribution in [-0.2, 0) is 5.60 Å². The topological polar surface area (TPSA) is 33.1 Å². The molecule has 2 unspecified atom stereocenters. The second-order valence-corrected chi connectivity index (χ2v) is 4.41. The molecule has 76 valence electrons. The Bertz CT molecular complexity index is 320. The zero-order valence-electron chi connectivity index (χ0n) is 8.83. The highest BCUT2D eigenvalue weighted by atomic mass is 16.3. The molecule has 1 saturated carbocycles. The minimum Gasteiger partial charge on any atom is -0.385 e. The molecule has 1 fully saturated rings. The molecule has 2 heteroatoms. The van der Waals surface area contributed by atoms with E-state index in [0.29, 0.717) is 5.92 Å². The molecule has 14 heavy (non-hydrogen) atoms. The fourth-order valence-corrected chi connectivity index (χ4v) is 2.32. The van der Waals surface area contributed by atoms with Gasteiger partial charge in [-0.1, -0.05) is 13.0 Å². The van der Waals surface area contributed by atoms with E-state index in [1.165, 1.54) is 0 Å². The monoisotopic (exact) mass is 191 g/mol. The standard InChI is InChI=1S/C12H17NO/c1-9-4-3-7-12(9,14)11-6-5-10(2)13-8-11/h5-6,8-9,14H,3-4,7H2,1-2H3. The van der Waals surface area contributed by atoms with Crippen molar-refractivity contribution in [3.8, 4) is 0 Å². The number of pyridine rings is 1. The van der Waals surface area contributed by atoms with Crippen LogP contribution in [0.1, 0.15) is 37.4 Å². The van der Waals surface area contributed by atoms with Gasteiger partial charge < -0.3 is 5.11 Å². The van der Waals surface area contributed by atoms with E-state index in [1.54, 1.807) is 0 Å². The summed E-state index contributed by atoms with van der Waals surface area (Å²) in [5.41, 5.74) is 1.36. The number of hydrogen-bond donors (Lipinski definition) is 1. The van der Waals surface area contributed by atoms with Crippen LogP contribution in [0.5, 0.6) is 0 Å². The van der Waals surface area contributed by atoms with Crippen molar-refractivity contribution in [3.05, 3.63) is 29.6 Å². The lowest BCUT2D eigenvalue weighted by molar-refractivity contribution is 0.00416. The van der Waals surface area contributed by atoms with E-state index in [-0.39, 0.29) is 0 Å². The Morgan fingerprint density at radius 3 is 2.79 bits per heavy atom. The van der Waals surface area contributed by atoms with Gasteiger partial charge in [-0.3, -0.25) is 4.98 Å². The molecule has 1 aliphatic rings. The van der Waals surface area contributed by atoms with Gasteiger partial charge >= 0.3 is 0 Å². The SMILES string of the molecule is Cc1ccc(C2(O)CCCC2C)cn1. The van der Waals surface area contributed by atoms with Crippen molar-refractivity contribution in [1.29, 1.82) is 0 Å². The van der Waals surface area contributed by atoms with Crippen LogP contribution in [0.15, 0.2) is 18.3 Å². The highest BCUT2D eigenvalue weighted by molar-refractivity contribution is 5.22. The van der Waals surface area contributed by atoms with E-state index in [2.05, 4.69) is 11.9 Å². The van der Waals surface area contributed by atoms with Gasteiger partial charge in [-0.2, -0.15) is 0 Å². The Labute approximate surface area is 85.0 Å². The Kier molecular flexibility index (Phi) is 2.31. The summed E-state index contributed by atoms with van der Waals surface area (Å²) in [7, 11) is 0. The fourth-order valence-electron chi connectivity index (χ4n) is 2.32. The third-order valence-electron chi connectivity index (χ3n) is 3.42. The van der Waals surface area contributed by atoms with Crippen LogP contribution in [0.25, 0.3) is 0 Å². The number of aryl methyl sites for hydroxylation is 1. The molecule has 0 aliphatic heterocycles. The van der Waals surface area contributed by atoms with Gasteiger partial charge in [-0.25, -0.2) is 0 Å². The van der Waals surface area contributed by atoms with Gasteiger partial charge in [0.2, 0.25) is 0 Å². The van der Waals surface area contributed by atoms with Crippen molar-refractivity contribution in [2.24, 2.45) is 5.92 Å². The van der Waals surface area contributed by atoms with E-state index in [9.17, 15) is 5.11 Å². The van der Waals surface area contributed by atoms with Crippen molar-refractivity contribution >= 4 is 0 Å². The first-order valence-electron chi connectivity index (χ1n) is 5.28. The molecular formula is C12H17NO. The van der Waals surface area contributed by atoms with Gasteiger partial charge in [-0.15, -0.1) is 0 Å². The van der Waals surface area contributed by atoms with Crippen LogP contribution in [0.3, 0.4) is 0 Å². The molecule has 2 nitrogen and oxygen atoms in total. The summed E-state index contributed by atoms with van der Waals surface area (Å²) in [6, 6.07) is 3.97. The lowest BCUT2D eigenvalue weighted by atomic mass is 9.86. The van der Waals surface area contributed by atoms with E-state index in [4.69, 9.17) is 0 Å². The molecule has 2 rings (SSSR count). The van der Waals surface area contributed by atoms with Crippen molar-refractivity contribution < 1.29 is 5.11 Å². The first-order valence-corrected chi connectivity index (χ1v) is 5.28. The number of hydrogen-bond acceptors (Lipinski definition) is 2. The predicted octanol–water partition coefficient (Wildman–Crippen LogP) is 2.40. The maximum Gasteiger partial charge on any atom is 0.0936 e. The molecule has 1 aromatic rings.